The van der Waals surface area contributed by atoms with Gasteiger partial charge in [0.1, 0.15) is 17.4 Å². The van der Waals surface area contributed by atoms with E-state index in [0.717, 1.165) is 16.7 Å². The Kier molecular flexibility index (Phi) is 4.80. The van der Waals surface area contributed by atoms with Crippen LogP contribution >= 0.6 is 0 Å². The molecule has 1 aliphatic heterocycles. The van der Waals surface area contributed by atoms with Gasteiger partial charge in [-0.05, 0) is 31.1 Å². The maximum absolute atomic E-state index is 12.4. The molecule has 3 rings (SSSR count). The average Bonchev–Trinajstić information content (AvgIpc) is 2.93. The van der Waals surface area contributed by atoms with Crippen molar-refractivity contribution in [2.24, 2.45) is 0 Å². The first-order chi connectivity index (χ1) is 11.7. The normalized spacial score (nSPS) is 18.6. The van der Waals surface area contributed by atoms with Gasteiger partial charge in [-0.1, -0.05) is 60.7 Å². The van der Waals surface area contributed by atoms with E-state index in [1.54, 1.807) is 6.92 Å². The number of benzene rings is 2. The highest BCUT2D eigenvalue weighted by Crippen LogP contribution is 2.42. The molecule has 0 spiro atoms. The van der Waals surface area contributed by atoms with Crippen molar-refractivity contribution in [2.45, 2.75) is 20.0 Å². The second-order valence-corrected chi connectivity index (χ2v) is 5.57. The van der Waals surface area contributed by atoms with Gasteiger partial charge in [0.25, 0.3) is 0 Å². The molecule has 2 aromatic rings. The molecule has 0 fully saturated rings. The number of hydrogen-bond donors (Lipinski definition) is 0. The number of allylic oxidation sites excluding steroid dienone is 1. The fourth-order valence-corrected chi connectivity index (χ4v) is 2.85. The topological polar surface area (TPSA) is 35.5 Å². The molecule has 1 heterocycles. The highest BCUT2D eigenvalue weighted by molar-refractivity contribution is 5.97. The lowest BCUT2D eigenvalue weighted by Crippen LogP contribution is -2.10. The molecule has 0 aromatic heterocycles. The van der Waals surface area contributed by atoms with Crippen LogP contribution in [0.3, 0.4) is 0 Å². The van der Waals surface area contributed by atoms with Crippen molar-refractivity contribution < 1.29 is 14.3 Å². The van der Waals surface area contributed by atoms with Gasteiger partial charge in [-0.2, -0.15) is 0 Å². The van der Waals surface area contributed by atoms with Crippen molar-refractivity contribution in [1.29, 1.82) is 0 Å². The summed E-state index contributed by atoms with van der Waals surface area (Å²) in [6, 6.07) is 19.8. The van der Waals surface area contributed by atoms with E-state index in [1.807, 2.05) is 73.7 Å². The van der Waals surface area contributed by atoms with E-state index < -0.39 is 0 Å². The van der Waals surface area contributed by atoms with Gasteiger partial charge >= 0.3 is 5.97 Å². The molecule has 0 saturated heterocycles. The lowest BCUT2D eigenvalue weighted by molar-refractivity contribution is -0.138. The minimum atomic E-state index is -0.337. The van der Waals surface area contributed by atoms with Crippen molar-refractivity contribution in [3.8, 4) is 0 Å². The highest BCUT2D eigenvalue weighted by Gasteiger charge is 2.35. The van der Waals surface area contributed by atoms with Crippen LogP contribution in [-0.2, 0) is 14.3 Å². The van der Waals surface area contributed by atoms with Crippen LogP contribution in [0.15, 0.2) is 77.6 Å². The minimum absolute atomic E-state index is 0.300. The summed E-state index contributed by atoms with van der Waals surface area (Å²) in [5, 5.41) is 0. The van der Waals surface area contributed by atoms with E-state index in [4.69, 9.17) is 9.47 Å². The predicted molar refractivity (Wildman–Crippen MR) is 94.0 cm³/mol. The molecule has 0 bridgehead atoms. The number of rotatable bonds is 4. The molecule has 24 heavy (non-hydrogen) atoms. The first-order valence-electron chi connectivity index (χ1n) is 8.07. The standard InChI is InChI=1S/C21H20O3/c1-3-23-21(22)19-15(2)24-20(17-12-8-5-9-13-17)18(19)14-16-10-6-4-7-11-16/h4-14,20H,3H2,1-2H3/b18-14+. The van der Waals surface area contributed by atoms with Crippen LogP contribution in [0.2, 0.25) is 0 Å². The molecular formula is C21H20O3. The molecular weight excluding hydrogens is 300 g/mol. The van der Waals surface area contributed by atoms with E-state index in [-0.39, 0.29) is 12.1 Å². The van der Waals surface area contributed by atoms with Crippen molar-refractivity contribution in [3.05, 3.63) is 88.7 Å². The molecule has 122 valence electrons. The van der Waals surface area contributed by atoms with Gasteiger partial charge in [0.05, 0.1) is 6.61 Å². The third-order valence-corrected chi connectivity index (χ3v) is 3.92. The third kappa shape index (κ3) is 3.25. The summed E-state index contributed by atoms with van der Waals surface area (Å²) in [4.78, 5) is 12.4. The maximum Gasteiger partial charge on any atom is 0.341 e. The molecule has 3 heteroatoms. The fraction of sp³-hybridized carbons (Fsp3) is 0.190. The first-order valence-corrected chi connectivity index (χ1v) is 8.07. The Morgan fingerprint density at radius 2 is 1.71 bits per heavy atom. The van der Waals surface area contributed by atoms with E-state index in [0.29, 0.717) is 17.9 Å². The zero-order valence-electron chi connectivity index (χ0n) is 13.9. The quantitative estimate of drug-likeness (QED) is 0.767. The summed E-state index contributed by atoms with van der Waals surface area (Å²) in [6.07, 6.45) is 1.70. The molecule has 2 aromatic carbocycles. The van der Waals surface area contributed by atoms with E-state index in [9.17, 15) is 4.79 Å². The Balaban J connectivity index is 2.06. The second kappa shape index (κ2) is 7.18. The molecule has 0 N–H and O–H groups in total. The van der Waals surface area contributed by atoms with Crippen LogP contribution in [0.5, 0.6) is 0 Å². The van der Waals surface area contributed by atoms with Crippen LogP contribution < -0.4 is 0 Å². The van der Waals surface area contributed by atoms with Gasteiger partial charge in [-0.3, -0.25) is 0 Å². The molecule has 0 saturated carbocycles. The minimum Gasteiger partial charge on any atom is -0.485 e. The lowest BCUT2D eigenvalue weighted by Gasteiger charge is -2.15. The Hall–Kier alpha value is -2.81. The monoisotopic (exact) mass is 320 g/mol. The van der Waals surface area contributed by atoms with Gasteiger partial charge in [0.2, 0.25) is 0 Å². The summed E-state index contributed by atoms with van der Waals surface area (Å²) < 4.78 is 11.3. The van der Waals surface area contributed by atoms with Crippen molar-refractivity contribution in [2.75, 3.05) is 6.61 Å². The molecule has 1 unspecified atom stereocenters. The van der Waals surface area contributed by atoms with Gasteiger partial charge in [-0.25, -0.2) is 4.79 Å². The number of carbonyl (C=O) groups excluding carboxylic acids is 1. The van der Waals surface area contributed by atoms with Crippen LogP contribution in [0.1, 0.15) is 31.1 Å². The molecule has 3 nitrogen and oxygen atoms in total. The summed E-state index contributed by atoms with van der Waals surface area (Å²) in [5.74, 6) is 0.264. The Bertz CT molecular complexity index is 773. The van der Waals surface area contributed by atoms with Crippen molar-refractivity contribution in [1.82, 2.24) is 0 Å². The number of esters is 1. The smallest absolute Gasteiger partial charge is 0.341 e. The largest absolute Gasteiger partial charge is 0.485 e. The molecule has 1 aliphatic rings. The zero-order chi connectivity index (χ0) is 16.9. The number of ether oxygens (including phenoxy) is 2. The van der Waals surface area contributed by atoms with E-state index >= 15 is 0 Å². The summed E-state index contributed by atoms with van der Waals surface area (Å²) in [7, 11) is 0. The first kappa shape index (κ1) is 16.1. The van der Waals surface area contributed by atoms with Crippen LogP contribution in [-0.4, -0.2) is 12.6 Å². The third-order valence-electron chi connectivity index (χ3n) is 3.92. The SMILES string of the molecule is CCOC(=O)C1=C(C)OC(c2ccccc2)/C1=C/c1ccccc1. The summed E-state index contributed by atoms with van der Waals surface area (Å²) in [5.41, 5.74) is 3.39. The summed E-state index contributed by atoms with van der Waals surface area (Å²) >= 11 is 0. The molecule has 0 radical (unpaired) electrons. The van der Waals surface area contributed by atoms with Gasteiger partial charge in [-0.15, -0.1) is 0 Å². The average molecular weight is 320 g/mol. The number of carbonyl (C=O) groups is 1. The van der Waals surface area contributed by atoms with Crippen molar-refractivity contribution in [3.63, 3.8) is 0 Å². The van der Waals surface area contributed by atoms with Crippen molar-refractivity contribution >= 4 is 12.0 Å². The van der Waals surface area contributed by atoms with Crippen LogP contribution in [0, 0.1) is 0 Å². The van der Waals surface area contributed by atoms with Gasteiger partial charge < -0.3 is 9.47 Å². The van der Waals surface area contributed by atoms with Gasteiger partial charge in [0.15, 0.2) is 0 Å². The molecule has 1 atom stereocenters. The fourth-order valence-electron chi connectivity index (χ4n) is 2.85. The zero-order valence-corrected chi connectivity index (χ0v) is 13.9. The van der Waals surface area contributed by atoms with E-state index in [1.165, 1.54) is 0 Å². The maximum atomic E-state index is 12.4. The van der Waals surface area contributed by atoms with E-state index in [2.05, 4.69) is 0 Å². The lowest BCUT2D eigenvalue weighted by atomic mass is 9.94. The van der Waals surface area contributed by atoms with Crippen LogP contribution in [0.25, 0.3) is 6.08 Å². The predicted octanol–water partition coefficient (Wildman–Crippen LogP) is 4.68. The Labute approximate surface area is 142 Å². The molecule has 0 aliphatic carbocycles. The Morgan fingerprint density at radius 3 is 2.33 bits per heavy atom. The summed E-state index contributed by atoms with van der Waals surface area (Å²) in [6.45, 7) is 3.96. The second-order valence-electron chi connectivity index (χ2n) is 5.57. The Morgan fingerprint density at radius 1 is 1.08 bits per heavy atom. The molecule has 0 amide bonds. The highest BCUT2D eigenvalue weighted by atomic mass is 16.5. The number of hydrogen-bond acceptors (Lipinski definition) is 3. The van der Waals surface area contributed by atoms with Gasteiger partial charge in [0, 0.05) is 5.57 Å². The van der Waals surface area contributed by atoms with Crippen LogP contribution in [0.4, 0.5) is 0 Å².